The van der Waals surface area contributed by atoms with Gasteiger partial charge in [0.1, 0.15) is 0 Å². The summed E-state index contributed by atoms with van der Waals surface area (Å²) < 4.78 is 26.6. The number of sulfonamides is 1. The van der Waals surface area contributed by atoms with E-state index in [1.54, 1.807) is 18.2 Å². The quantitative estimate of drug-likeness (QED) is 0.852. The summed E-state index contributed by atoms with van der Waals surface area (Å²) in [5.74, 6) is 0.248. The third-order valence-electron chi connectivity index (χ3n) is 3.46. The molecule has 0 saturated carbocycles. The number of hydrogen-bond acceptors (Lipinski definition) is 2. The van der Waals surface area contributed by atoms with E-state index >= 15 is 0 Å². The second kappa shape index (κ2) is 5.31. The lowest BCUT2D eigenvalue weighted by Crippen LogP contribution is -2.28. The molecular weight excluding hydrogens is 258 g/mol. The van der Waals surface area contributed by atoms with Gasteiger partial charge in [-0.2, -0.15) is 4.31 Å². The standard InChI is InChI=1S/C15H19NO2S/c1-4-5-14-11-16(10-13(14)3)19(17,18)15-8-6-12(2)7-9-15/h4-9,13H,1,10-11H2,2-3H3/b14-5-. The Morgan fingerprint density at radius 2 is 1.95 bits per heavy atom. The van der Waals surface area contributed by atoms with Crippen LogP contribution in [0.25, 0.3) is 0 Å². The first kappa shape index (κ1) is 14.0. The summed E-state index contributed by atoms with van der Waals surface area (Å²) in [6.45, 7) is 8.65. The molecule has 1 fully saturated rings. The Morgan fingerprint density at radius 1 is 1.32 bits per heavy atom. The minimum atomic E-state index is -3.38. The van der Waals surface area contributed by atoms with E-state index < -0.39 is 10.0 Å². The van der Waals surface area contributed by atoms with Crippen molar-refractivity contribution in [1.82, 2.24) is 4.31 Å². The zero-order chi connectivity index (χ0) is 14.0. The predicted molar refractivity (Wildman–Crippen MR) is 77.4 cm³/mol. The van der Waals surface area contributed by atoms with E-state index in [2.05, 4.69) is 6.58 Å². The SMILES string of the molecule is C=C/C=C1/CN(S(=O)(=O)c2ccc(C)cc2)CC1C. The highest BCUT2D eigenvalue weighted by molar-refractivity contribution is 7.89. The third kappa shape index (κ3) is 2.80. The second-order valence-electron chi connectivity index (χ2n) is 4.99. The molecule has 0 bridgehead atoms. The Morgan fingerprint density at radius 3 is 2.53 bits per heavy atom. The van der Waals surface area contributed by atoms with Gasteiger partial charge in [-0.3, -0.25) is 0 Å². The molecule has 0 radical (unpaired) electrons. The fourth-order valence-electron chi connectivity index (χ4n) is 2.26. The molecule has 0 aliphatic carbocycles. The minimum Gasteiger partial charge on any atom is -0.207 e. The molecule has 0 aromatic heterocycles. The van der Waals surface area contributed by atoms with Gasteiger partial charge in [0.25, 0.3) is 0 Å². The molecule has 1 aromatic carbocycles. The predicted octanol–water partition coefficient (Wildman–Crippen LogP) is 2.75. The molecule has 0 amide bonds. The molecule has 1 unspecified atom stereocenters. The van der Waals surface area contributed by atoms with Gasteiger partial charge in [0, 0.05) is 13.1 Å². The van der Waals surface area contributed by atoms with Gasteiger partial charge in [0.15, 0.2) is 0 Å². The maximum Gasteiger partial charge on any atom is 0.243 e. The lowest BCUT2D eigenvalue weighted by molar-refractivity contribution is 0.464. The first-order valence-electron chi connectivity index (χ1n) is 6.33. The maximum absolute atomic E-state index is 12.5. The van der Waals surface area contributed by atoms with Crippen LogP contribution in [-0.2, 0) is 10.0 Å². The average molecular weight is 277 g/mol. The van der Waals surface area contributed by atoms with Crippen LogP contribution in [0.3, 0.4) is 0 Å². The summed E-state index contributed by atoms with van der Waals surface area (Å²) in [6, 6.07) is 6.99. The van der Waals surface area contributed by atoms with Gasteiger partial charge in [0.2, 0.25) is 10.0 Å². The Labute approximate surface area is 115 Å². The molecule has 1 aliphatic heterocycles. The van der Waals surface area contributed by atoms with Gasteiger partial charge < -0.3 is 0 Å². The number of benzene rings is 1. The van der Waals surface area contributed by atoms with Crippen LogP contribution in [0.15, 0.2) is 53.5 Å². The Balaban J connectivity index is 2.29. The van der Waals surface area contributed by atoms with Gasteiger partial charge >= 0.3 is 0 Å². The lowest BCUT2D eigenvalue weighted by atomic mass is 10.1. The van der Waals surface area contributed by atoms with E-state index in [0.29, 0.717) is 18.0 Å². The number of nitrogens with zero attached hydrogens (tertiary/aromatic N) is 1. The molecule has 1 heterocycles. The van der Waals surface area contributed by atoms with Gasteiger partial charge in [-0.15, -0.1) is 0 Å². The normalized spacial score (nSPS) is 22.8. The molecule has 1 aromatic rings. The molecule has 0 spiro atoms. The average Bonchev–Trinajstić information content (AvgIpc) is 2.73. The van der Waals surface area contributed by atoms with Crippen LogP contribution in [0.1, 0.15) is 12.5 Å². The van der Waals surface area contributed by atoms with Crippen LogP contribution in [-0.4, -0.2) is 25.8 Å². The summed E-state index contributed by atoms with van der Waals surface area (Å²) >= 11 is 0. The van der Waals surface area contributed by atoms with E-state index in [0.717, 1.165) is 11.1 Å². The largest absolute Gasteiger partial charge is 0.243 e. The van der Waals surface area contributed by atoms with E-state index in [1.165, 1.54) is 4.31 Å². The van der Waals surface area contributed by atoms with Crippen molar-refractivity contribution in [1.29, 1.82) is 0 Å². The van der Waals surface area contributed by atoms with E-state index in [1.807, 2.05) is 32.1 Å². The van der Waals surface area contributed by atoms with Gasteiger partial charge in [-0.05, 0) is 25.0 Å². The fraction of sp³-hybridized carbons (Fsp3) is 0.333. The Hall–Kier alpha value is -1.39. The van der Waals surface area contributed by atoms with Crippen LogP contribution < -0.4 is 0 Å². The van der Waals surface area contributed by atoms with Crippen molar-refractivity contribution in [2.75, 3.05) is 13.1 Å². The topological polar surface area (TPSA) is 37.4 Å². The van der Waals surface area contributed by atoms with Crippen LogP contribution in [0.4, 0.5) is 0 Å². The molecule has 3 nitrogen and oxygen atoms in total. The van der Waals surface area contributed by atoms with Crippen LogP contribution in [0.2, 0.25) is 0 Å². The molecule has 4 heteroatoms. The fourth-order valence-corrected chi connectivity index (χ4v) is 3.77. The molecule has 19 heavy (non-hydrogen) atoms. The maximum atomic E-state index is 12.5. The van der Waals surface area contributed by atoms with Crippen molar-refractivity contribution < 1.29 is 8.42 Å². The number of hydrogen-bond donors (Lipinski definition) is 0. The van der Waals surface area contributed by atoms with E-state index in [4.69, 9.17) is 0 Å². The molecule has 102 valence electrons. The first-order valence-corrected chi connectivity index (χ1v) is 7.77. The van der Waals surface area contributed by atoms with Crippen molar-refractivity contribution in [3.8, 4) is 0 Å². The second-order valence-corrected chi connectivity index (χ2v) is 6.93. The van der Waals surface area contributed by atoms with Crippen molar-refractivity contribution >= 4 is 10.0 Å². The number of rotatable bonds is 3. The summed E-state index contributed by atoms with van der Waals surface area (Å²) in [7, 11) is -3.38. The van der Waals surface area contributed by atoms with Gasteiger partial charge in [-0.1, -0.05) is 48.9 Å². The molecule has 2 rings (SSSR count). The molecular formula is C15H19NO2S. The third-order valence-corrected chi connectivity index (χ3v) is 5.29. The van der Waals surface area contributed by atoms with Gasteiger partial charge in [0.05, 0.1) is 4.90 Å². The van der Waals surface area contributed by atoms with Crippen LogP contribution in [0, 0.1) is 12.8 Å². The van der Waals surface area contributed by atoms with E-state index in [9.17, 15) is 8.42 Å². The summed E-state index contributed by atoms with van der Waals surface area (Å²) in [5.41, 5.74) is 2.17. The number of aryl methyl sites for hydroxylation is 1. The van der Waals surface area contributed by atoms with Crippen molar-refractivity contribution in [2.24, 2.45) is 5.92 Å². The Bertz CT molecular complexity index is 600. The highest BCUT2D eigenvalue weighted by Gasteiger charge is 2.33. The Kier molecular flexibility index (Phi) is 3.92. The number of allylic oxidation sites excluding steroid dienone is 2. The minimum absolute atomic E-state index is 0.248. The van der Waals surface area contributed by atoms with Gasteiger partial charge in [-0.25, -0.2) is 8.42 Å². The van der Waals surface area contributed by atoms with Crippen LogP contribution in [0.5, 0.6) is 0 Å². The highest BCUT2D eigenvalue weighted by Crippen LogP contribution is 2.28. The zero-order valence-corrected chi connectivity index (χ0v) is 12.2. The summed E-state index contributed by atoms with van der Waals surface area (Å²) in [4.78, 5) is 0.366. The smallest absolute Gasteiger partial charge is 0.207 e. The molecule has 1 atom stereocenters. The summed E-state index contributed by atoms with van der Waals surface area (Å²) in [6.07, 6.45) is 3.63. The molecule has 1 aliphatic rings. The molecule has 1 saturated heterocycles. The lowest BCUT2D eigenvalue weighted by Gasteiger charge is -2.15. The van der Waals surface area contributed by atoms with Crippen molar-refractivity contribution in [2.45, 2.75) is 18.7 Å². The van der Waals surface area contributed by atoms with Crippen molar-refractivity contribution in [3.05, 3.63) is 54.1 Å². The van der Waals surface area contributed by atoms with Crippen LogP contribution >= 0.6 is 0 Å². The zero-order valence-electron chi connectivity index (χ0n) is 11.3. The monoisotopic (exact) mass is 277 g/mol. The molecule has 0 N–H and O–H groups in total. The van der Waals surface area contributed by atoms with Crippen molar-refractivity contribution in [3.63, 3.8) is 0 Å². The first-order chi connectivity index (χ1) is 8.95. The van der Waals surface area contributed by atoms with E-state index in [-0.39, 0.29) is 5.92 Å². The summed E-state index contributed by atoms with van der Waals surface area (Å²) in [5, 5.41) is 0. The highest BCUT2D eigenvalue weighted by atomic mass is 32.2.